The summed E-state index contributed by atoms with van der Waals surface area (Å²) in [4.78, 5) is 25.4. The Hall–Kier alpha value is -3.42. The summed E-state index contributed by atoms with van der Waals surface area (Å²) in [5, 5.41) is -0.327. The number of nitrogen functional groups attached to an aromatic ring is 1. The quantitative estimate of drug-likeness (QED) is 0.536. The molecule has 28 heavy (non-hydrogen) atoms. The first-order valence-corrected chi connectivity index (χ1v) is 8.49. The number of rotatable bonds is 5. The van der Waals surface area contributed by atoms with Crippen molar-refractivity contribution < 1.29 is 23.0 Å². The van der Waals surface area contributed by atoms with E-state index in [0.29, 0.717) is 0 Å². The molecule has 0 unspecified atom stereocenters. The number of ether oxygens (including phenoxy) is 2. The van der Waals surface area contributed by atoms with Crippen LogP contribution in [-0.4, -0.2) is 17.6 Å². The molecule has 0 bridgehead atoms. The van der Waals surface area contributed by atoms with Crippen molar-refractivity contribution in [1.82, 2.24) is 4.57 Å². The highest BCUT2D eigenvalue weighted by atomic mass is 19.2. The Morgan fingerprint density at radius 2 is 1.86 bits per heavy atom. The summed E-state index contributed by atoms with van der Waals surface area (Å²) in [5.74, 6) is -4.04. The number of hydrogen-bond donors (Lipinski definition) is 1. The lowest BCUT2D eigenvalue weighted by molar-refractivity contribution is 0.0470. The van der Waals surface area contributed by atoms with Gasteiger partial charge in [0.25, 0.3) is 0 Å². The summed E-state index contributed by atoms with van der Waals surface area (Å²) in [5.41, 5.74) is 4.52. The molecule has 0 amide bonds. The van der Waals surface area contributed by atoms with Crippen LogP contribution in [-0.2, 0) is 17.9 Å². The molecule has 1 heterocycles. The van der Waals surface area contributed by atoms with Crippen molar-refractivity contribution in [3.63, 3.8) is 0 Å². The molecule has 6 nitrogen and oxygen atoms in total. The van der Waals surface area contributed by atoms with Gasteiger partial charge in [-0.1, -0.05) is 30.3 Å². The molecule has 0 spiro atoms. The van der Waals surface area contributed by atoms with Crippen molar-refractivity contribution in [2.75, 3.05) is 12.8 Å². The maximum Gasteiger partial charge on any atom is 0.344 e. The molecule has 2 N–H and O–H groups in total. The molecular formula is C20H18F2N2O4. The second-order valence-corrected chi connectivity index (χ2v) is 6.02. The number of hydrogen-bond acceptors (Lipinski definition) is 5. The van der Waals surface area contributed by atoms with Crippen LogP contribution in [0.5, 0.6) is 5.75 Å². The number of carbonyl (C=O) groups excluding carboxylic acids is 1. The van der Waals surface area contributed by atoms with Crippen LogP contribution in [0.1, 0.15) is 22.8 Å². The van der Waals surface area contributed by atoms with Crippen LogP contribution >= 0.6 is 0 Å². The van der Waals surface area contributed by atoms with Gasteiger partial charge in [0.15, 0.2) is 11.6 Å². The molecule has 8 heteroatoms. The van der Waals surface area contributed by atoms with Crippen LogP contribution in [0.2, 0.25) is 0 Å². The summed E-state index contributed by atoms with van der Waals surface area (Å²) in [6, 6.07) is 8.91. The highest BCUT2D eigenvalue weighted by Crippen LogP contribution is 2.34. The van der Waals surface area contributed by atoms with E-state index >= 15 is 0 Å². The average molecular weight is 388 g/mol. The zero-order valence-corrected chi connectivity index (χ0v) is 15.3. The van der Waals surface area contributed by atoms with Crippen LogP contribution in [0.15, 0.2) is 41.3 Å². The summed E-state index contributed by atoms with van der Waals surface area (Å²) in [7, 11) is 1.15. The van der Waals surface area contributed by atoms with Gasteiger partial charge in [-0.3, -0.25) is 4.79 Å². The lowest BCUT2D eigenvalue weighted by Crippen LogP contribution is -2.22. The topological polar surface area (TPSA) is 83.5 Å². The van der Waals surface area contributed by atoms with Gasteiger partial charge in [-0.15, -0.1) is 0 Å². The highest BCUT2D eigenvalue weighted by molar-refractivity contribution is 6.00. The number of aromatic nitrogens is 1. The van der Waals surface area contributed by atoms with Crippen molar-refractivity contribution in [2.24, 2.45) is 0 Å². The fourth-order valence-electron chi connectivity index (χ4n) is 2.97. The van der Waals surface area contributed by atoms with Crippen molar-refractivity contribution in [1.29, 1.82) is 0 Å². The second-order valence-electron chi connectivity index (χ2n) is 6.02. The molecule has 0 saturated heterocycles. The van der Waals surface area contributed by atoms with E-state index in [1.807, 2.05) is 6.07 Å². The number of esters is 1. The predicted octanol–water partition coefficient (Wildman–Crippen LogP) is 3.25. The maximum atomic E-state index is 14.2. The van der Waals surface area contributed by atoms with Crippen LogP contribution in [0, 0.1) is 11.6 Å². The van der Waals surface area contributed by atoms with Gasteiger partial charge in [0.05, 0.1) is 18.2 Å². The van der Waals surface area contributed by atoms with Crippen LogP contribution in [0.4, 0.5) is 14.5 Å². The lowest BCUT2D eigenvalue weighted by atomic mass is 10.1. The van der Waals surface area contributed by atoms with Crippen LogP contribution < -0.4 is 15.9 Å². The predicted molar refractivity (Wildman–Crippen MR) is 100 cm³/mol. The van der Waals surface area contributed by atoms with Crippen molar-refractivity contribution in [3.8, 4) is 5.75 Å². The molecule has 146 valence electrons. The Morgan fingerprint density at radius 1 is 1.18 bits per heavy atom. The standard InChI is InChI=1S/C20H18F2N2O4/c1-3-24-9-12(20(26)28-10-11-7-5-4-6-8-11)18(25)13-16(23)14(21)15(22)19(27-2)17(13)24/h4-9H,3,10,23H2,1-2H3. The van der Waals surface area contributed by atoms with Crippen LogP contribution in [0.3, 0.4) is 0 Å². The molecule has 3 rings (SSSR count). The van der Waals surface area contributed by atoms with E-state index in [-0.39, 0.29) is 29.6 Å². The first-order chi connectivity index (χ1) is 13.4. The molecule has 3 aromatic rings. The van der Waals surface area contributed by atoms with E-state index in [1.54, 1.807) is 31.2 Å². The van der Waals surface area contributed by atoms with Gasteiger partial charge in [-0.25, -0.2) is 9.18 Å². The van der Waals surface area contributed by atoms with Crippen molar-refractivity contribution >= 4 is 22.6 Å². The van der Waals surface area contributed by atoms with Gasteiger partial charge in [0.2, 0.25) is 11.2 Å². The number of aryl methyl sites for hydroxylation is 1. The minimum atomic E-state index is -1.40. The molecule has 0 atom stereocenters. The number of nitrogens with two attached hydrogens (primary N) is 1. The summed E-state index contributed by atoms with van der Waals surface area (Å²) in [6.45, 7) is 1.91. The Balaban J connectivity index is 2.16. The number of pyridine rings is 1. The number of methoxy groups -OCH3 is 1. The van der Waals surface area contributed by atoms with E-state index in [0.717, 1.165) is 12.7 Å². The minimum Gasteiger partial charge on any atom is -0.491 e. The number of fused-ring (bicyclic) bond motifs is 1. The van der Waals surface area contributed by atoms with Gasteiger partial charge in [0.1, 0.15) is 17.7 Å². The fraction of sp³-hybridized carbons (Fsp3) is 0.200. The van der Waals surface area contributed by atoms with Gasteiger partial charge in [-0.05, 0) is 12.5 Å². The Kier molecular flexibility index (Phi) is 5.30. The van der Waals surface area contributed by atoms with Gasteiger partial charge in [0, 0.05) is 12.7 Å². The molecule has 2 aromatic carbocycles. The average Bonchev–Trinajstić information content (AvgIpc) is 2.71. The minimum absolute atomic E-state index is 0.0222. The second kappa shape index (κ2) is 7.67. The maximum absolute atomic E-state index is 14.2. The molecule has 0 aliphatic rings. The van der Waals surface area contributed by atoms with E-state index in [2.05, 4.69) is 0 Å². The molecule has 0 aliphatic heterocycles. The SMILES string of the molecule is CCn1cc(C(=O)OCc2ccccc2)c(=O)c2c(N)c(F)c(F)c(OC)c21. The molecular weight excluding hydrogens is 370 g/mol. The smallest absolute Gasteiger partial charge is 0.344 e. The number of benzene rings is 2. The van der Waals surface area contributed by atoms with E-state index in [4.69, 9.17) is 15.2 Å². The number of anilines is 1. The van der Waals surface area contributed by atoms with Crippen molar-refractivity contribution in [3.05, 3.63) is 69.5 Å². The first-order valence-electron chi connectivity index (χ1n) is 8.49. The third-order valence-electron chi connectivity index (χ3n) is 4.37. The molecule has 0 aliphatic carbocycles. The third kappa shape index (κ3) is 3.17. The third-order valence-corrected chi connectivity index (χ3v) is 4.37. The van der Waals surface area contributed by atoms with E-state index in [1.165, 1.54) is 10.8 Å². The zero-order chi connectivity index (χ0) is 20.4. The Bertz CT molecular complexity index is 1110. The highest BCUT2D eigenvalue weighted by Gasteiger charge is 2.26. The van der Waals surface area contributed by atoms with Gasteiger partial charge < -0.3 is 19.8 Å². The summed E-state index contributed by atoms with van der Waals surface area (Å²) >= 11 is 0. The first kappa shape index (κ1) is 19.3. The van der Waals surface area contributed by atoms with Crippen LogP contribution in [0.25, 0.3) is 10.9 Å². The normalized spacial score (nSPS) is 10.9. The van der Waals surface area contributed by atoms with Gasteiger partial charge in [-0.2, -0.15) is 4.39 Å². The summed E-state index contributed by atoms with van der Waals surface area (Å²) < 4.78 is 40.0. The number of carbonyl (C=O) groups is 1. The molecule has 1 aromatic heterocycles. The summed E-state index contributed by atoms with van der Waals surface area (Å²) in [6.07, 6.45) is 1.23. The molecule has 0 fully saturated rings. The Morgan fingerprint density at radius 3 is 2.46 bits per heavy atom. The molecule has 0 radical (unpaired) electrons. The largest absolute Gasteiger partial charge is 0.491 e. The lowest BCUT2D eigenvalue weighted by Gasteiger charge is -2.16. The monoisotopic (exact) mass is 388 g/mol. The number of nitrogens with zero attached hydrogens (tertiary/aromatic N) is 1. The fourth-order valence-corrected chi connectivity index (χ4v) is 2.97. The van der Waals surface area contributed by atoms with E-state index in [9.17, 15) is 18.4 Å². The molecule has 0 saturated carbocycles. The van der Waals surface area contributed by atoms with Crippen molar-refractivity contribution in [2.45, 2.75) is 20.1 Å². The van der Waals surface area contributed by atoms with E-state index < -0.39 is 34.5 Å². The number of halogens is 2. The Labute approximate surface area is 159 Å². The zero-order valence-electron chi connectivity index (χ0n) is 15.3. The van der Waals surface area contributed by atoms with Gasteiger partial charge >= 0.3 is 5.97 Å².